The number of carbonyl (C=O) groups is 1. The first kappa shape index (κ1) is 17.1. The number of nitrogens with zero attached hydrogens (tertiary/aromatic N) is 2. The minimum atomic E-state index is -4.77. The maximum Gasteiger partial charge on any atom is 0.433 e. The minimum absolute atomic E-state index is 0.0416. The lowest BCUT2D eigenvalue weighted by atomic mass is 9.90. The van der Waals surface area contributed by atoms with Crippen LogP contribution in [0.5, 0.6) is 0 Å². The molecule has 26 heavy (non-hydrogen) atoms. The van der Waals surface area contributed by atoms with Crippen LogP contribution in [0.4, 0.5) is 13.2 Å². The lowest BCUT2D eigenvalue weighted by molar-refractivity contribution is -0.142. The molecule has 1 aromatic carbocycles. The van der Waals surface area contributed by atoms with Gasteiger partial charge in [0.25, 0.3) is 0 Å². The molecule has 0 atom stereocenters. The third kappa shape index (κ3) is 2.59. The van der Waals surface area contributed by atoms with Crippen molar-refractivity contribution in [3.63, 3.8) is 0 Å². The summed E-state index contributed by atoms with van der Waals surface area (Å²) in [7, 11) is 0. The van der Waals surface area contributed by atoms with Gasteiger partial charge >= 0.3 is 12.1 Å². The molecule has 0 spiro atoms. The van der Waals surface area contributed by atoms with Gasteiger partial charge in [0.1, 0.15) is 4.88 Å². The number of fused-ring (bicyclic) bond motifs is 2. The van der Waals surface area contributed by atoms with E-state index in [0.717, 1.165) is 35.6 Å². The normalized spacial score (nSPS) is 14.6. The van der Waals surface area contributed by atoms with Gasteiger partial charge in [-0.05, 0) is 49.8 Å². The highest BCUT2D eigenvalue weighted by molar-refractivity contribution is 7.19. The molecule has 2 aromatic heterocycles. The van der Waals surface area contributed by atoms with E-state index in [1.54, 1.807) is 6.92 Å². The molecule has 1 aliphatic carbocycles. The largest absolute Gasteiger partial charge is 0.477 e. The Balaban J connectivity index is 1.92. The third-order valence-corrected chi connectivity index (χ3v) is 5.82. The Bertz CT molecular complexity index is 1030. The average Bonchev–Trinajstić information content (AvgIpc) is 3.11. The highest BCUT2D eigenvalue weighted by Crippen LogP contribution is 2.40. The predicted molar refractivity (Wildman–Crippen MR) is 91.8 cm³/mol. The van der Waals surface area contributed by atoms with Crippen LogP contribution in [-0.2, 0) is 19.0 Å². The number of aryl methyl sites for hydroxylation is 3. The second-order valence-corrected chi connectivity index (χ2v) is 7.41. The topological polar surface area (TPSA) is 54.6 Å². The fourth-order valence-electron chi connectivity index (χ4n) is 3.60. The van der Waals surface area contributed by atoms with Gasteiger partial charge in [0.05, 0.1) is 5.69 Å². The molecule has 0 fully saturated rings. The van der Waals surface area contributed by atoms with Crippen LogP contribution >= 0.6 is 11.3 Å². The van der Waals surface area contributed by atoms with Gasteiger partial charge in [0, 0.05) is 11.3 Å². The van der Waals surface area contributed by atoms with Gasteiger partial charge in [0.2, 0.25) is 0 Å². The number of rotatable bonds is 2. The number of halogens is 3. The maximum atomic E-state index is 13.5. The molecule has 0 amide bonds. The van der Waals surface area contributed by atoms with E-state index in [2.05, 4.69) is 4.98 Å². The Morgan fingerprint density at radius 3 is 2.58 bits per heavy atom. The van der Waals surface area contributed by atoms with Crippen LogP contribution < -0.4 is 0 Å². The smallest absolute Gasteiger partial charge is 0.433 e. The zero-order chi connectivity index (χ0) is 18.6. The molecule has 0 bridgehead atoms. The number of hydrogen-bond acceptors (Lipinski definition) is 3. The van der Waals surface area contributed by atoms with Crippen molar-refractivity contribution < 1.29 is 23.1 Å². The summed E-state index contributed by atoms with van der Waals surface area (Å²) >= 11 is 0.550. The van der Waals surface area contributed by atoms with Gasteiger partial charge in [-0.3, -0.25) is 4.40 Å². The molecule has 1 aliphatic rings. The van der Waals surface area contributed by atoms with Gasteiger partial charge in [-0.15, -0.1) is 0 Å². The van der Waals surface area contributed by atoms with Gasteiger partial charge in [0.15, 0.2) is 10.7 Å². The molecule has 136 valence electrons. The van der Waals surface area contributed by atoms with E-state index in [1.165, 1.54) is 11.1 Å². The van der Waals surface area contributed by atoms with Crippen LogP contribution in [-0.4, -0.2) is 20.5 Å². The first-order valence-corrected chi connectivity index (χ1v) is 9.03. The molecule has 0 radical (unpaired) electrons. The van der Waals surface area contributed by atoms with Crippen molar-refractivity contribution in [2.45, 2.75) is 38.8 Å². The Kier molecular flexibility index (Phi) is 3.83. The van der Waals surface area contributed by atoms with Gasteiger partial charge in [-0.2, -0.15) is 13.2 Å². The zero-order valence-corrected chi connectivity index (χ0v) is 14.7. The van der Waals surface area contributed by atoms with Gasteiger partial charge < -0.3 is 5.11 Å². The van der Waals surface area contributed by atoms with Crippen molar-refractivity contribution in [2.24, 2.45) is 0 Å². The molecule has 4 rings (SSSR count). The van der Waals surface area contributed by atoms with Crippen LogP contribution in [0.3, 0.4) is 0 Å². The molecule has 4 nitrogen and oxygen atoms in total. The van der Waals surface area contributed by atoms with Crippen LogP contribution in [0.25, 0.3) is 16.2 Å². The Labute approximate surface area is 150 Å². The number of carboxylic acids is 1. The number of alkyl halides is 3. The molecular formula is C18H15F3N2O2S. The van der Waals surface area contributed by atoms with Crippen LogP contribution in [0.1, 0.15) is 45.0 Å². The first-order chi connectivity index (χ1) is 12.3. The number of imidazole rings is 1. The Hall–Kier alpha value is -2.35. The Morgan fingerprint density at radius 1 is 1.23 bits per heavy atom. The van der Waals surface area contributed by atoms with Crippen LogP contribution in [0.15, 0.2) is 18.2 Å². The molecule has 3 aromatic rings. The summed E-state index contributed by atoms with van der Waals surface area (Å²) in [5, 5.41) is 9.13. The second-order valence-electron chi connectivity index (χ2n) is 6.44. The quantitative estimate of drug-likeness (QED) is 0.683. The lowest BCUT2D eigenvalue weighted by Gasteiger charge is -2.16. The summed E-state index contributed by atoms with van der Waals surface area (Å²) in [5.41, 5.74) is 2.86. The van der Waals surface area contributed by atoms with E-state index in [1.807, 2.05) is 18.2 Å². The predicted octanol–water partition coefficient (Wildman–Crippen LogP) is 4.97. The summed E-state index contributed by atoms with van der Waals surface area (Å²) in [5.74, 6) is -1.59. The summed E-state index contributed by atoms with van der Waals surface area (Å²) in [6, 6.07) is 5.90. The van der Waals surface area contributed by atoms with E-state index in [9.17, 15) is 18.0 Å². The van der Waals surface area contributed by atoms with Gasteiger partial charge in [-0.25, -0.2) is 9.78 Å². The van der Waals surface area contributed by atoms with Crippen molar-refractivity contribution in [1.82, 2.24) is 9.38 Å². The number of carboxylic acid groups (broad SMARTS) is 1. The zero-order valence-electron chi connectivity index (χ0n) is 13.9. The van der Waals surface area contributed by atoms with Crippen molar-refractivity contribution >= 4 is 22.3 Å². The molecule has 0 aliphatic heterocycles. The molecular weight excluding hydrogens is 365 g/mol. The SMILES string of the molecule is Cc1c(-c2ccc3c(c2)CCCC3)nc2sc(C(=O)O)c(C(F)(F)F)n12. The average molecular weight is 380 g/mol. The molecule has 8 heteroatoms. The highest BCUT2D eigenvalue weighted by Gasteiger charge is 2.41. The number of aromatic nitrogens is 2. The summed E-state index contributed by atoms with van der Waals surface area (Å²) in [6.45, 7) is 1.54. The van der Waals surface area contributed by atoms with E-state index in [0.29, 0.717) is 22.7 Å². The van der Waals surface area contributed by atoms with E-state index < -0.39 is 22.7 Å². The maximum absolute atomic E-state index is 13.5. The number of benzene rings is 1. The number of thiazole rings is 1. The van der Waals surface area contributed by atoms with E-state index in [-0.39, 0.29) is 4.96 Å². The monoisotopic (exact) mass is 380 g/mol. The summed E-state index contributed by atoms with van der Waals surface area (Å²) < 4.78 is 41.4. The molecule has 0 unspecified atom stereocenters. The first-order valence-electron chi connectivity index (χ1n) is 8.22. The number of aromatic carboxylic acids is 1. The summed E-state index contributed by atoms with van der Waals surface area (Å²) in [4.78, 5) is 14.9. The molecule has 1 N–H and O–H groups in total. The third-order valence-electron chi connectivity index (χ3n) is 4.79. The lowest BCUT2D eigenvalue weighted by Crippen LogP contribution is -2.14. The Morgan fingerprint density at radius 2 is 1.92 bits per heavy atom. The molecule has 2 heterocycles. The highest BCUT2D eigenvalue weighted by atomic mass is 32.1. The fraction of sp³-hybridized carbons (Fsp3) is 0.333. The molecule has 0 saturated carbocycles. The second kappa shape index (κ2) is 5.84. The van der Waals surface area contributed by atoms with Crippen molar-refractivity contribution in [1.29, 1.82) is 0 Å². The van der Waals surface area contributed by atoms with Gasteiger partial charge in [-0.1, -0.05) is 23.5 Å². The van der Waals surface area contributed by atoms with Crippen molar-refractivity contribution in [3.05, 3.63) is 45.6 Å². The fourth-order valence-corrected chi connectivity index (χ4v) is 4.63. The van der Waals surface area contributed by atoms with E-state index in [4.69, 9.17) is 5.11 Å². The van der Waals surface area contributed by atoms with Crippen LogP contribution in [0.2, 0.25) is 0 Å². The minimum Gasteiger partial charge on any atom is -0.477 e. The summed E-state index contributed by atoms with van der Waals surface area (Å²) in [6.07, 6.45) is -0.536. The number of hydrogen-bond donors (Lipinski definition) is 1. The van der Waals surface area contributed by atoms with Crippen molar-refractivity contribution in [3.8, 4) is 11.3 Å². The standard InChI is InChI=1S/C18H15F3N2O2S/c1-9-13(12-7-6-10-4-2-3-5-11(10)8-12)22-17-23(9)15(18(19,20)21)14(26-17)16(24)25/h6-8H,2-5H2,1H3,(H,24,25). The van der Waals surface area contributed by atoms with E-state index >= 15 is 0 Å². The van der Waals surface area contributed by atoms with Crippen LogP contribution in [0, 0.1) is 6.92 Å². The van der Waals surface area contributed by atoms with Crippen molar-refractivity contribution in [2.75, 3.05) is 0 Å². The molecule has 0 saturated heterocycles.